The highest BCUT2D eigenvalue weighted by Crippen LogP contribution is 2.29. The van der Waals surface area contributed by atoms with E-state index in [0.29, 0.717) is 12.2 Å². The van der Waals surface area contributed by atoms with Crippen molar-refractivity contribution >= 4 is 17.2 Å². The Kier molecular flexibility index (Phi) is 3.59. The van der Waals surface area contributed by atoms with Crippen LogP contribution in [0.4, 0.5) is 0 Å². The van der Waals surface area contributed by atoms with Crippen LogP contribution >= 0.6 is 11.3 Å². The van der Waals surface area contributed by atoms with Gasteiger partial charge in [-0.2, -0.15) is 5.10 Å². The van der Waals surface area contributed by atoms with Crippen molar-refractivity contribution in [3.63, 3.8) is 0 Å². The van der Waals surface area contributed by atoms with E-state index in [1.807, 2.05) is 17.5 Å². The Morgan fingerprint density at radius 2 is 2.38 bits per heavy atom. The highest BCUT2D eigenvalue weighted by molar-refractivity contribution is 7.13. The molecule has 1 aliphatic rings. The molecule has 0 aliphatic carbocycles. The highest BCUT2D eigenvalue weighted by Gasteiger charge is 2.39. The quantitative estimate of drug-likeness (QED) is 0.915. The van der Waals surface area contributed by atoms with Gasteiger partial charge in [0.25, 0.3) is 5.91 Å². The van der Waals surface area contributed by atoms with E-state index in [4.69, 9.17) is 0 Å². The van der Waals surface area contributed by atoms with E-state index in [0.717, 1.165) is 23.4 Å². The number of carbonyl (C=O) groups is 1. The zero-order chi connectivity index (χ0) is 15.0. The van der Waals surface area contributed by atoms with Crippen LogP contribution in [-0.2, 0) is 0 Å². The summed E-state index contributed by atoms with van der Waals surface area (Å²) in [6, 6.07) is 5.59. The lowest BCUT2D eigenvalue weighted by molar-refractivity contribution is 0.000118. The average Bonchev–Trinajstić information content (AvgIpc) is 3.16. The molecule has 0 saturated carbocycles. The van der Waals surface area contributed by atoms with Crippen molar-refractivity contribution in [2.75, 3.05) is 6.54 Å². The van der Waals surface area contributed by atoms with Gasteiger partial charge in [0.15, 0.2) is 5.69 Å². The molecular formula is C15H19N3O2S. The van der Waals surface area contributed by atoms with Crippen LogP contribution in [0.1, 0.15) is 37.2 Å². The van der Waals surface area contributed by atoms with Gasteiger partial charge >= 0.3 is 0 Å². The second-order valence-electron chi connectivity index (χ2n) is 5.95. The van der Waals surface area contributed by atoms with Gasteiger partial charge in [0.2, 0.25) is 0 Å². The first kappa shape index (κ1) is 14.3. The lowest BCUT2D eigenvalue weighted by Crippen LogP contribution is -2.48. The number of likely N-dealkylation sites (tertiary alicyclic amines) is 1. The number of hydrogen-bond donors (Lipinski definition) is 2. The number of H-pyrrole nitrogens is 1. The van der Waals surface area contributed by atoms with Crippen LogP contribution in [0, 0.1) is 0 Å². The van der Waals surface area contributed by atoms with Gasteiger partial charge in [0.1, 0.15) is 0 Å². The predicted octanol–water partition coefficient (Wildman–Crippen LogP) is 2.51. The number of aromatic amines is 1. The first-order valence-electron chi connectivity index (χ1n) is 7.09. The van der Waals surface area contributed by atoms with Crippen LogP contribution in [-0.4, -0.2) is 44.3 Å². The van der Waals surface area contributed by atoms with E-state index < -0.39 is 5.60 Å². The minimum atomic E-state index is -0.890. The predicted molar refractivity (Wildman–Crippen MR) is 82.3 cm³/mol. The molecule has 1 atom stereocenters. The van der Waals surface area contributed by atoms with Crippen molar-refractivity contribution in [1.29, 1.82) is 0 Å². The molecular weight excluding hydrogens is 286 g/mol. The number of aliphatic hydroxyl groups is 1. The molecule has 6 heteroatoms. The summed E-state index contributed by atoms with van der Waals surface area (Å²) in [5, 5.41) is 19.3. The molecule has 2 aromatic rings. The van der Waals surface area contributed by atoms with Gasteiger partial charge in [-0.05, 0) is 44.2 Å². The van der Waals surface area contributed by atoms with E-state index in [9.17, 15) is 9.90 Å². The normalized spacial score (nSPS) is 19.2. The fraction of sp³-hybridized carbons (Fsp3) is 0.467. The molecule has 1 fully saturated rings. The van der Waals surface area contributed by atoms with Crippen molar-refractivity contribution in [3.05, 3.63) is 29.3 Å². The second kappa shape index (κ2) is 5.27. The molecule has 3 rings (SSSR count). The van der Waals surface area contributed by atoms with Crippen LogP contribution in [0.5, 0.6) is 0 Å². The van der Waals surface area contributed by atoms with Crippen LogP contribution in [0.25, 0.3) is 10.6 Å². The molecule has 2 aromatic heterocycles. The van der Waals surface area contributed by atoms with Crippen molar-refractivity contribution in [2.24, 2.45) is 0 Å². The standard InChI is InChI=1S/C15H19N3O2S/c1-15(2,20)13-6-3-7-18(13)14(19)11-9-10(16-17-11)12-5-4-8-21-12/h4-5,8-9,13,20H,3,6-7H2,1-2H3,(H,16,17). The molecule has 0 bridgehead atoms. The molecule has 2 N–H and O–H groups in total. The van der Waals surface area contributed by atoms with Crippen LogP contribution in [0.2, 0.25) is 0 Å². The number of aromatic nitrogens is 2. The van der Waals surface area contributed by atoms with Crippen molar-refractivity contribution in [3.8, 4) is 10.6 Å². The largest absolute Gasteiger partial charge is 0.388 e. The lowest BCUT2D eigenvalue weighted by atomic mass is 9.96. The summed E-state index contributed by atoms with van der Waals surface area (Å²) < 4.78 is 0. The summed E-state index contributed by atoms with van der Waals surface area (Å²) in [6.07, 6.45) is 1.75. The fourth-order valence-electron chi connectivity index (χ4n) is 2.88. The van der Waals surface area contributed by atoms with Gasteiger partial charge in [-0.1, -0.05) is 6.07 Å². The molecule has 112 valence electrons. The van der Waals surface area contributed by atoms with Gasteiger partial charge < -0.3 is 10.0 Å². The first-order valence-corrected chi connectivity index (χ1v) is 7.97. The van der Waals surface area contributed by atoms with Gasteiger partial charge in [0.05, 0.1) is 22.2 Å². The molecule has 3 heterocycles. The molecule has 1 amide bonds. The van der Waals surface area contributed by atoms with Crippen molar-refractivity contribution in [2.45, 2.75) is 38.3 Å². The molecule has 0 aromatic carbocycles. The Hall–Kier alpha value is -1.66. The summed E-state index contributed by atoms with van der Waals surface area (Å²) in [6.45, 7) is 4.18. The third-order valence-corrected chi connectivity index (χ3v) is 4.82. The Balaban J connectivity index is 1.82. The summed E-state index contributed by atoms with van der Waals surface area (Å²) >= 11 is 1.60. The molecule has 5 nitrogen and oxygen atoms in total. The Morgan fingerprint density at radius 3 is 3.05 bits per heavy atom. The maximum atomic E-state index is 12.6. The number of nitrogens with one attached hydrogen (secondary N) is 1. The van der Waals surface area contributed by atoms with Gasteiger partial charge in [-0.25, -0.2) is 0 Å². The summed E-state index contributed by atoms with van der Waals surface area (Å²) in [7, 11) is 0. The molecule has 1 aliphatic heterocycles. The topological polar surface area (TPSA) is 69.2 Å². The number of nitrogens with zero attached hydrogens (tertiary/aromatic N) is 2. The van der Waals surface area contributed by atoms with Crippen molar-refractivity contribution < 1.29 is 9.90 Å². The monoisotopic (exact) mass is 305 g/mol. The molecule has 0 spiro atoms. The van der Waals surface area contributed by atoms with Crippen LogP contribution < -0.4 is 0 Å². The average molecular weight is 305 g/mol. The maximum Gasteiger partial charge on any atom is 0.274 e. The van der Waals surface area contributed by atoms with Crippen molar-refractivity contribution in [1.82, 2.24) is 15.1 Å². The number of carbonyl (C=O) groups excluding carboxylic acids is 1. The van der Waals surface area contributed by atoms with Gasteiger partial charge in [0, 0.05) is 6.54 Å². The fourth-order valence-corrected chi connectivity index (χ4v) is 3.57. The van der Waals surface area contributed by atoms with E-state index >= 15 is 0 Å². The maximum absolute atomic E-state index is 12.6. The summed E-state index contributed by atoms with van der Waals surface area (Å²) in [5.41, 5.74) is 0.376. The van der Waals surface area contributed by atoms with E-state index in [1.54, 1.807) is 36.2 Å². The SMILES string of the molecule is CC(C)(O)C1CCCN1C(=O)c1cc(-c2cccs2)[nH]n1. The zero-order valence-corrected chi connectivity index (χ0v) is 13.0. The Bertz CT molecular complexity index is 628. The summed E-state index contributed by atoms with van der Waals surface area (Å²) in [4.78, 5) is 15.4. The van der Waals surface area contributed by atoms with Gasteiger partial charge in [-0.15, -0.1) is 11.3 Å². The number of thiophene rings is 1. The minimum Gasteiger partial charge on any atom is -0.388 e. The number of rotatable bonds is 3. The minimum absolute atomic E-state index is 0.112. The molecule has 21 heavy (non-hydrogen) atoms. The Morgan fingerprint density at radius 1 is 1.57 bits per heavy atom. The first-order chi connectivity index (χ1) is 9.97. The lowest BCUT2D eigenvalue weighted by Gasteiger charge is -2.33. The van der Waals surface area contributed by atoms with E-state index in [1.165, 1.54) is 0 Å². The van der Waals surface area contributed by atoms with Gasteiger partial charge in [-0.3, -0.25) is 9.89 Å². The third kappa shape index (κ3) is 2.73. The second-order valence-corrected chi connectivity index (χ2v) is 6.90. The zero-order valence-electron chi connectivity index (χ0n) is 12.2. The number of amides is 1. The Labute approximate surface area is 127 Å². The third-order valence-electron chi connectivity index (χ3n) is 3.91. The van der Waals surface area contributed by atoms with Crippen LogP contribution in [0.15, 0.2) is 23.6 Å². The number of hydrogen-bond acceptors (Lipinski definition) is 4. The molecule has 1 unspecified atom stereocenters. The van der Waals surface area contributed by atoms with Crippen LogP contribution in [0.3, 0.4) is 0 Å². The summed E-state index contributed by atoms with van der Waals surface area (Å²) in [5.74, 6) is -0.112. The smallest absolute Gasteiger partial charge is 0.274 e. The van der Waals surface area contributed by atoms with E-state index in [-0.39, 0.29) is 11.9 Å². The van der Waals surface area contributed by atoms with E-state index in [2.05, 4.69) is 10.2 Å². The molecule has 0 radical (unpaired) electrons. The molecule has 1 saturated heterocycles. The highest BCUT2D eigenvalue weighted by atomic mass is 32.1.